The van der Waals surface area contributed by atoms with Crippen LogP contribution in [0, 0.1) is 5.41 Å². The molecule has 0 atom stereocenters. The molecule has 12 heavy (non-hydrogen) atoms. The number of likely N-dealkylation sites (tertiary alicyclic amines) is 1. The average Bonchev–Trinajstić information content (AvgIpc) is 2.37. The van der Waals surface area contributed by atoms with Crippen LogP contribution in [-0.4, -0.2) is 25.0 Å². The van der Waals surface area contributed by atoms with Crippen LogP contribution < -0.4 is 0 Å². The molecule has 1 heteroatoms. The summed E-state index contributed by atoms with van der Waals surface area (Å²) < 4.78 is 0. The van der Waals surface area contributed by atoms with Crippen LogP contribution in [0.2, 0.25) is 0 Å². The molecule has 1 nitrogen and oxygen atoms in total. The van der Waals surface area contributed by atoms with Crippen molar-refractivity contribution in [1.29, 1.82) is 0 Å². The molecule has 1 rings (SSSR count). The average molecular weight is 173 g/mol. The zero-order valence-electron chi connectivity index (χ0n) is 10.1. The third kappa shape index (κ3) is 6.66. The molecule has 0 radical (unpaired) electrons. The molecule has 0 aromatic carbocycles. The first-order chi connectivity index (χ1) is 5.60. The van der Waals surface area contributed by atoms with Crippen LogP contribution in [0.1, 0.15) is 48.0 Å². The first-order valence-electron chi connectivity index (χ1n) is 5.29. The Hall–Kier alpha value is -0.0400. The molecule has 0 N–H and O–H groups in total. The third-order valence-corrected chi connectivity index (χ3v) is 1.87. The summed E-state index contributed by atoms with van der Waals surface area (Å²) in [4.78, 5) is 2.39. The van der Waals surface area contributed by atoms with Crippen LogP contribution in [0.25, 0.3) is 0 Å². The highest BCUT2D eigenvalue weighted by Crippen LogP contribution is 2.26. The number of hydrogen-bond acceptors (Lipinski definition) is 1. The highest BCUT2D eigenvalue weighted by molar-refractivity contribution is 4.79. The lowest BCUT2D eigenvalue weighted by Crippen LogP contribution is -2.18. The SMILES string of the molecule is CC.CC.CN1CCC(C)(C)C1. The summed E-state index contributed by atoms with van der Waals surface area (Å²) in [6, 6.07) is 0. The maximum atomic E-state index is 2.39. The van der Waals surface area contributed by atoms with E-state index in [0.29, 0.717) is 5.41 Å². The number of hydrogen-bond donors (Lipinski definition) is 0. The second-order valence-corrected chi connectivity index (χ2v) is 3.65. The van der Waals surface area contributed by atoms with Crippen LogP contribution in [-0.2, 0) is 0 Å². The monoisotopic (exact) mass is 173 g/mol. The minimum atomic E-state index is 0.592. The second-order valence-electron chi connectivity index (χ2n) is 3.65. The summed E-state index contributed by atoms with van der Waals surface area (Å²) in [6.07, 6.45) is 1.36. The lowest BCUT2D eigenvalue weighted by Gasteiger charge is -2.15. The Morgan fingerprint density at radius 1 is 1.00 bits per heavy atom. The maximum absolute atomic E-state index is 2.39. The molecule has 0 aromatic heterocycles. The van der Waals surface area contributed by atoms with Gasteiger partial charge in [-0.3, -0.25) is 0 Å². The van der Waals surface area contributed by atoms with Crippen LogP contribution in [0.3, 0.4) is 0 Å². The van der Waals surface area contributed by atoms with Crippen LogP contribution in [0.4, 0.5) is 0 Å². The Balaban J connectivity index is 0. The molecular formula is C11H27N. The van der Waals surface area contributed by atoms with Gasteiger partial charge >= 0.3 is 0 Å². The van der Waals surface area contributed by atoms with Gasteiger partial charge in [-0.25, -0.2) is 0 Å². The lowest BCUT2D eigenvalue weighted by molar-refractivity contribution is 0.337. The molecule has 0 amide bonds. The Bertz CT molecular complexity index is 87.0. The van der Waals surface area contributed by atoms with E-state index in [4.69, 9.17) is 0 Å². The Morgan fingerprint density at radius 3 is 1.50 bits per heavy atom. The minimum absolute atomic E-state index is 0.592. The van der Waals surface area contributed by atoms with Gasteiger partial charge in [0.25, 0.3) is 0 Å². The van der Waals surface area contributed by atoms with Crippen molar-refractivity contribution in [2.24, 2.45) is 5.41 Å². The van der Waals surface area contributed by atoms with Gasteiger partial charge in [0.05, 0.1) is 0 Å². The van der Waals surface area contributed by atoms with E-state index in [0.717, 1.165) is 0 Å². The molecule has 0 bridgehead atoms. The molecule has 1 fully saturated rings. The highest BCUT2D eigenvalue weighted by atomic mass is 15.1. The fourth-order valence-electron chi connectivity index (χ4n) is 1.38. The van der Waals surface area contributed by atoms with E-state index in [2.05, 4.69) is 25.8 Å². The van der Waals surface area contributed by atoms with Crippen molar-refractivity contribution in [3.8, 4) is 0 Å². The minimum Gasteiger partial charge on any atom is -0.306 e. The normalized spacial score (nSPS) is 20.2. The topological polar surface area (TPSA) is 3.24 Å². The highest BCUT2D eigenvalue weighted by Gasteiger charge is 2.26. The molecular weight excluding hydrogens is 146 g/mol. The van der Waals surface area contributed by atoms with E-state index in [1.807, 2.05) is 27.7 Å². The molecule has 0 aliphatic carbocycles. The van der Waals surface area contributed by atoms with Gasteiger partial charge in [0.15, 0.2) is 0 Å². The number of nitrogens with zero attached hydrogens (tertiary/aromatic N) is 1. The van der Waals surface area contributed by atoms with Crippen molar-refractivity contribution < 1.29 is 0 Å². The van der Waals surface area contributed by atoms with E-state index < -0.39 is 0 Å². The van der Waals surface area contributed by atoms with Gasteiger partial charge in [-0.2, -0.15) is 0 Å². The fraction of sp³-hybridized carbons (Fsp3) is 1.00. The van der Waals surface area contributed by atoms with Crippen LogP contribution >= 0.6 is 0 Å². The van der Waals surface area contributed by atoms with Crippen molar-refractivity contribution >= 4 is 0 Å². The van der Waals surface area contributed by atoms with Crippen molar-refractivity contribution in [2.75, 3.05) is 20.1 Å². The number of rotatable bonds is 0. The van der Waals surface area contributed by atoms with Crippen LogP contribution in [0.15, 0.2) is 0 Å². The fourth-order valence-corrected chi connectivity index (χ4v) is 1.38. The van der Waals surface area contributed by atoms with Gasteiger partial charge < -0.3 is 4.90 Å². The molecule has 1 aliphatic rings. The van der Waals surface area contributed by atoms with E-state index >= 15 is 0 Å². The van der Waals surface area contributed by atoms with Crippen LogP contribution in [0.5, 0.6) is 0 Å². The summed E-state index contributed by atoms with van der Waals surface area (Å²) in [7, 11) is 2.19. The van der Waals surface area contributed by atoms with Gasteiger partial charge in [0, 0.05) is 6.54 Å². The molecule has 1 aliphatic heterocycles. The molecule has 0 spiro atoms. The summed E-state index contributed by atoms with van der Waals surface area (Å²) in [5, 5.41) is 0. The van der Waals surface area contributed by atoms with Gasteiger partial charge in [0.2, 0.25) is 0 Å². The second kappa shape index (κ2) is 7.60. The summed E-state index contributed by atoms with van der Waals surface area (Å²) in [5.41, 5.74) is 0.592. The van der Waals surface area contributed by atoms with Gasteiger partial charge in [-0.1, -0.05) is 41.5 Å². The smallest absolute Gasteiger partial charge is 0.00301 e. The zero-order chi connectivity index (χ0) is 10.2. The first-order valence-corrected chi connectivity index (χ1v) is 5.29. The molecule has 1 heterocycles. The Morgan fingerprint density at radius 2 is 1.42 bits per heavy atom. The van der Waals surface area contributed by atoms with Crippen molar-refractivity contribution in [2.45, 2.75) is 48.0 Å². The largest absolute Gasteiger partial charge is 0.306 e. The Labute approximate surface area is 79.2 Å². The molecule has 1 saturated heterocycles. The van der Waals surface area contributed by atoms with Gasteiger partial charge in [-0.05, 0) is 25.4 Å². The molecule has 0 unspecified atom stereocenters. The summed E-state index contributed by atoms with van der Waals surface area (Å²) in [6.45, 7) is 15.2. The van der Waals surface area contributed by atoms with Crippen molar-refractivity contribution in [3.63, 3.8) is 0 Å². The maximum Gasteiger partial charge on any atom is 0.00301 e. The Kier molecular flexibility index (Phi) is 9.17. The predicted molar refractivity (Wildman–Crippen MR) is 58.6 cm³/mol. The molecule has 76 valence electrons. The molecule has 0 saturated carbocycles. The van der Waals surface area contributed by atoms with Crippen molar-refractivity contribution in [3.05, 3.63) is 0 Å². The predicted octanol–water partition coefficient (Wildman–Crippen LogP) is 3.40. The quantitative estimate of drug-likeness (QED) is 0.542. The summed E-state index contributed by atoms with van der Waals surface area (Å²) in [5.74, 6) is 0. The van der Waals surface area contributed by atoms with Gasteiger partial charge in [0.1, 0.15) is 0 Å². The van der Waals surface area contributed by atoms with E-state index in [9.17, 15) is 0 Å². The lowest BCUT2D eigenvalue weighted by atomic mass is 9.93. The van der Waals surface area contributed by atoms with E-state index in [1.165, 1.54) is 19.5 Å². The van der Waals surface area contributed by atoms with Gasteiger partial charge in [-0.15, -0.1) is 0 Å². The van der Waals surface area contributed by atoms with E-state index in [-0.39, 0.29) is 0 Å². The first kappa shape index (κ1) is 14.5. The van der Waals surface area contributed by atoms with Crippen molar-refractivity contribution in [1.82, 2.24) is 4.90 Å². The standard InChI is InChI=1S/C7H15N.2C2H6/c1-7(2)4-5-8(3)6-7;2*1-2/h4-6H2,1-3H3;2*1-2H3. The zero-order valence-corrected chi connectivity index (χ0v) is 10.1. The summed E-state index contributed by atoms with van der Waals surface area (Å²) >= 11 is 0. The molecule has 0 aromatic rings. The third-order valence-electron chi connectivity index (χ3n) is 1.87. The van der Waals surface area contributed by atoms with E-state index in [1.54, 1.807) is 0 Å².